The Hall–Kier alpha value is -0.390. The fraction of sp³-hybridized carbons (Fsp3) is 0.571. The third kappa shape index (κ3) is 1.71. The Morgan fingerprint density at radius 1 is 1.06 bits per heavy atom. The summed E-state index contributed by atoms with van der Waals surface area (Å²) >= 11 is 0. The molecule has 1 nitrogen and oxygen atoms in total. The van der Waals surface area contributed by atoms with E-state index in [0.29, 0.717) is 0 Å². The smallest absolute Gasteiger partial charge is 0.0879 e. The maximum Gasteiger partial charge on any atom is 0.0879 e. The Morgan fingerprint density at radius 2 is 1.88 bits per heavy atom. The molecule has 2 aliphatic rings. The lowest BCUT2D eigenvalue weighted by molar-refractivity contribution is 0.115. The normalized spacial score (nSPS) is 38.3. The second-order valence-electron chi connectivity index (χ2n) is 5.13. The van der Waals surface area contributed by atoms with Crippen LogP contribution in [0.5, 0.6) is 0 Å². The molecule has 0 amide bonds. The van der Waals surface area contributed by atoms with Crippen LogP contribution in [0.2, 0.25) is 0 Å². The molecule has 0 saturated carbocycles. The molecule has 0 spiro atoms. The van der Waals surface area contributed by atoms with E-state index in [9.17, 15) is 5.11 Å². The predicted molar refractivity (Wildman–Crippen MR) is 69.4 cm³/mol. The minimum Gasteiger partial charge on any atom is -0.385 e. The summed E-state index contributed by atoms with van der Waals surface area (Å²) in [6.07, 6.45) is 7.19. The third-order valence-electron chi connectivity index (χ3n) is 4.09. The Labute approximate surface area is 98.6 Å². The van der Waals surface area contributed by atoms with Crippen molar-refractivity contribution in [3.8, 4) is 0 Å². The van der Waals surface area contributed by atoms with Crippen LogP contribution in [0.25, 0.3) is 0 Å². The van der Waals surface area contributed by atoms with Gasteiger partial charge < -0.3 is 5.11 Å². The summed E-state index contributed by atoms with van der Waals surface area (Å²) in [6, 6.07) is 10.7. The van der Waals surface area contributed by atoms with E-state index >= 15 is 0 Å². The first-order valence-corrected chi connectivity index (χ1v) is 7.77. The number of rotatable bonds is 1. The molecule has 0 radical (unpaired) electrons. The molecular weight excluding hydrogens is 215 g/mol. The van der Waals surface area contributed by atoms with Crippen molar-refractivity contribution in [1.82, 2.24) is 0 Å². The van der Waals surface area contributed by atoms with Gasteiger partial charge in [0, 0.05) is 0 Å². The van der Waals surface area contributed by atoms with Crippen LogP contribution >= 0.6 is 7.92 Å². The topological polar surface area (TPSA) is 20.2 Å². The quantitative estimate of drug-likeness (QED) is 0.740. The van der Waals surface area contributed by atoms with Gasteiger partial charge in [0.15, 0.2) is 0 Å². The van der Waals surface area contributed by atoms with Crippen molar-refractivity contribution in [2.45, 2.75) is 49.5 Å². The van der Waals surface area contributed by atoms with E-state index in [0.717, 1.165) is 18.5 Å². The van der Waals surface area contributed by atoms with E-state index < -0.39 is 0 Å². The number of hydrogen-bond donors (Lipinski definition) is 1. The van der Waals surface area contributed by atoms with Crippen LogP contribution in [-0.4, -0.2) is 16.1 Å². The first-order chi connectivity index (χ1) is 7.80. The molecule has 2 bridgehead atoms. The monoisotopic (exact) mass is 234 g/mol. The Bertz CT molecular complexity index is 362. The Morgan fingerprint density at radius 3 is 2.69 bits per heavy atom. The molecule has 86 valence electrons. The lowest BCUT2D eigenvalue weighted by Gasteiger charge is -2.31. The van der Waals surface area contributed by atoms with Crippen molar-refractivity contribution in [2.24, 2.45) is 0 Å². The lowest BCUT2D eigenvalue weighted by Crippen LogP contribution is -2.26. The Balaban J connectivity index is 1.99. The van der Waals surface area contributed by atoms with Gasteiger partial charge in [-0.2, -0.15) is 0 Å². The molecule has 2 heterocycles. The van der Waals surface area contributed by atoms with Gasteiger partial charge >= 0.3 is 0 Å². The van der Waals surface area contributed by atoms with Gasteiger partial charge in [0.2, 0.25) is 0 Å². The van der Waals surface area contributed by atoms with Gasteiger partial charge in [-0.05, 0) is 44.6 Å². The molecule has 2 fully saturated rings. The van der Waals surface area contributed by atoms with Crippen LogP contribution in [0.3, 0.4) is 0 Å². The molecule has 2 saturated heterocycles. The molecule has 2 heteroatoms. The highest BCUT2D eigenvalue weighted by molar-refractivity contribution is 7.68. The minimum absolute atomic E-state index is 0.331. The van der Waals surface area contributed by atoms with Crippen LogP contribution in [0.15, 0.2) is 30.3 Å². The van der Waals surface area contributed by atoms with Crippen LogP contribution in [0.4, 0.5) is 0 Å². The van der Waals surface area contributed by atoms with Crippen LogP contribution in [0, 0.1) is 0 Å². The van der Waals surface area contributed by atoms with Crippen LogP contribution in [-0.2, 0) is 0 Å². The molecular formula is C14H19OP. The average Bonchev–Trinajstić information content (AvgIpc) is 2.52. The summed E-state index contributed by atoms with van der Waals surface area (Å²) in [6.45, 7) is 0. The molecule has 1 aromatic rings. The molecule has 3 atom stereocenters. The van der Waals surface area contributed by atoms with Crippen molar-refractivity contribution < 1.29 is 5.11 Å². The van der Waals surface area contributed by atoms with Crippen LogP contribution < -0.4 is 5.30 Å². The van der Waals surface area contributed by atoms with Gasteiger partial charge in [0.1, 0.15) is 0 Å². The zero-order chi connectivity index (χ0) is 11.0. The van der Waals surface area contributed by atoms with Gasteiger partial charge in [-0.3, -0.25) is 0 Å². The minimum atomic E-state index is -0.335. The fourth-order valence-corrected chi connectivity index (χ4v) is 7.01. The third-order valence-corrected chi connectivity index (χ3v) is 7.54. The standard InChI is InChI=1S/C14H19OP/c15-14-10-5-4-8-13(9-11-14)16(14)12-6-2-1-3-7-12/h1-3,6-7,13,15H,4-5,8-11H2. The average molecular weight is 234 g/mol. The maximum atomic E-state index is 10.8. The summed E-state index contributed by atoms with van der Waals surface area (Å²) in [5.41, 5.74) is 0.782. The van der Waals surface area contributed by atoms with E-state index in [2.05, 4.69) is 30.3 Å². The Kier molecular flexibility index (Phi) is 2.77. The zero-order valence-corrected chi connectivity index (χ0v) is 10.5. The number of hydrogen-bond acceptors (Lipinski definition) is 1. The van der Waals surface area contributed by atoms with E-state index in [4.69, 9.17) is 0 Å². The van der Waals surface area contributed by atoms with E-state index in [1.165, 1.54) is 31.0 Å². The number of aliphatic hydroxyl groups is 1. The molecule has 3 rings (SSSR count). The summed E-state index contributed by atoms with van der Waals surface area (Å²) in [7, 11) is -0.331. The SMILES string of the molecule is OC12CCCCC(CC1)P2c1ccccc1. The highest BCUT2D eigenvalue weighted by Gasteiger charge is 2.48. The van der Waals surface area contributed by atoms with Crippen molar-refractivity contribution in [3.63, 3.8) is 0 Å². The molecule has 0 aromatic heterocycles. The number of fused-ring (bicyclic) bond motifs is 2. The first kappa shape index (κ1) is 10.7. The number of benzene rings is 1. The van der Waals surface area contributed by atoms with E-state index in [-0.39, 0.29) is 13.3 Å². The summed E-state index contributed by atoms with van der Waals surface area (Å²) in [4.78, 5) is 0. The van der Waals surface area contributed by atoms with E-state index in [1.54, 1.807) is 0 Å². The first-order valence-electron chi connectivity index (χ1n) is 6.36. The molecule has 2 aliphatic heterocycles. The summed E-state index contributed by atoms with van der Waals surface area (Å²) < 4.78 is 0. The highest BCUT2D eigenvalue weighted by Crippen LogP contribution is 2.65. The lowest BCUT2D eigenvalue weighted by atomic mass is 9.99. The van der Waals surface area contributed by atoms with E-state index in [1.807, 2.05) is 0 Å². The predicted octanol–water partition coefficient (Wildman–Crippen LogP) is 3.22. The van der Waals surface area contributed by atoms with Crippen LogP contribution in [0.1, 0.15) is 38.5 Å². The second kappa shape index (κ2) is 4.13. The van der Waals surface area contributed by atoms with Crippen molar-refractivity contribution in [3.05, 3.63) is 30.3 Å². The molecule has 1 N–H and O–H groups in total. The molecule has 16 heavy (non-hydrogen) atoms. The van der Waals surface area contributed by atoms with Gasteiger partial charge in [-0.25, -0.2) is 0 Å². The largest absolute Gasteiger partial charge is 0.385 e. The van der Waals surface area contributed by atoms with Gasteiger partial charge in [-0.1, -0.05) is 43.2 Å². The molecule has 1 aromatic carbocycles. The molecule has 3 unspecified atom stereocenters. The summed E-state index contributed by atoms with van der Waals surface area (Å²) in [5.74, 6) is 0. The second-order valence-corrected chi connectivity index (χ2v) is 7.95. The molecule has 0 aliphatic carbocycles. The zero-order valence-electron chi connectivity index (χ0n) is 9.60. The highest BCUT2D eigenvalue weighted by atomic mass is 31.1. The van der Waals surface area contributed by atoms with Gasteiger partial charge in [-0.15, -0.1) is 0 Å². The fourth-order valence-electron chi connectivity index (χ4n) is 3.33. The summed E-state index contributed by atoms with van der Waals surface area (Å²) in [5, 5.41) is 11.9. The van der Waals surface area contributed by atoms with Crippen molar-refractivity contribution in [1.29, 1.82) is 0 Å². The van der Waals surface area contributed by atoms with Gasteiger partial charge in [0.25, 0.3) is 0 Å². The van der Waals surface area contributed by atoms with Gasteiger partial charge in [0.05, 0.1) is 5.34 Å². The van der Waals surface area contributed by atoms with Crippen molar-refractivity contribution >= 4 is 13.2 Å². The van der Waals surface area contributed by atoms with Crippen molar-refractivity contribution in [2.75, 3.05) is 0 Å². The maximum absolute atomic E-state index is 10.8.